The normalized spacial score (nSPS) is 12.4. The van der Waals surface area contributed by atoms with Crippen LogP contribution in [0.2, 0.25) is 10.0 Å². The highest BCUT2D eigenvalue weighted by Crippen LogP contribution is 2.29. The quantitative estimate of drug-likeness (QED) is 0.873. The third kappa shape index (κ3) is 2.69. The Morgan fingerprint density at radius 2 is 1.78 bits per heavy atom. The van der Waals surface area contributed by atoms with Gasteiger partial charge in [-0.1, -0.05) is 60.5 Å². The molecule has 94 valence electrons. The largest absolute Gasteiger partial charge is 0.320 e. The maximum Gasteiger partial charge on any atom is 0.0595 e. The molecule has 0 heterocycles. The van der Waals surface area contributed by atoms with E-state index in [9.17, 15) is 0 Å². The third-order valence-electron chi connectivity index (χ3n) is 3.07. The molecule has 1 unspecified atom stereocenters. The fraction of sp³-hybridized carbons (Fsp3) is 0.200. The standard InChI is InChI=1S/C15H15Cl2N/c1-2-10-5-3-4-6-12(10)15(18)11-7-8-13(16)14(17)9-11/h3-9,15H,2,18H2,1H3. The van der Waals surface area contributed by atoms with Gasteiger partial charge in [-0.3, -0.25) is 0 Å². The van der Waals surface area contributed by atoms with Crippen LogP contribution in [0, 0.1) is 0 Å². The van der Waals surface area contributed by atoms with E-state index >= 15 is 0 Å². The van der Waals surface area contributed by atoms with E-state index in [0.29, 0.717) is 10.0 Å². The summed E-state index contributed by atoms with van der Waals surface area (Å²) in [7, 11) is 0. The van der Waals surface area contributed by atoms with Crippen molar-refractivity contribution in [3.8, 4) is 0 Å². The van der Waals surface area contributed by atoms with Crippen LogP contribution in [0.25, 0.3) is 0 Å². The molecule has 2 N–H and O–H groups in total. The molecule has 0 fully saturated rings. The number of hydrogen-bond acceptors (Lipinski definition) is 1. The minimum Gasteiger partial charge on any atom is -0.320 e. The minimum absolute atomic E-state index is 0.170. The molecule has 0 spiro atoms. The number of rotatable bonds is 3. The Bertz CT molecular complexity index is 552. The predicted octanol–water partition coefficient (Wildman–Crippen LogP) is 4.60. The van der Waals surface area contributed by atoms with Crippen LogP contribution in [-0.2, 0) is 6.42 Å². The number of aryl methyl sites for hydroxylation is 1. The summed E-state index contributed by atoms with van der Waals surface area (Å²) in [6.45, 7) is 2.13. The lowest BCUT2D eigenvalue weighted by Gasteiger charge is -2.16. The summed E-state index contributed by atoms with van der Waals surface area (Å²) in [5, 5.41) is 1.09. The fourth-order valence-electron chi connectivity index (χ4n) is 2.04. The predicted molar refractivity (Wildman–Crippen MR) is 78.3 cm³/mol. The first-order chi connectivity index (χ1) is 8.63. The molecule has 2 aromatic rings. The summed E-state index contributed by atoms with van der Waals surface area (Å²) < 4.78 is 0. The van der Waals surface area contributed by atoms with Crippen molar-refractivity contribution in [2.24, 2.45) is 5.73 Å². The number of nitrogens with two attached hydrogens (primary N) is 1. The van der Waals surface area contributed by atoms with Crippen molar-refractivity contribution in [2.45, 2.75) is 19.4 Å². The number of halogens is 2. The van der Waals surface area contributed by atoms with Crippen LogP contribution in [0.1, 0.15) is 29.7 Å². The Morgan fingerprint density at radius 1 is 1.06 bits per heavy atom. The lowest BCUT2D eigenvalue weighted by atomic mass is 9.94. The summed E-state index contributed by atoms with van der Waals surface area (Å²) in [5.41, 5.74) is 9.68. The highest BCUT2D eigenvalue weighted by Gasteiger charge is 2.13. The van der Waals surface area contributed by atoms with Gasteiger partial charge in [0.1, 0.15) is 0 Å². The summed E-state index contributed by atoms with van der Waals surface area (Å²) in [6.07, 6.45) is 0.963. The van der Waals surface area contributed by atoms with Gasteiger partial charge in [0.05, 0.1) is 16.1 Å². The van der Waals surface area contributed by atoms with Crippen molar-refractivity contribution >= 4 is 23.2 Å². The Balaban J connectivity index is 2.41. The average molecular weight is 280 g/mol. The molecule has 0 radical (unpaired) electrons. The van der Waals surface area contributed by atoms with E-state index < -0.39 is 0 Å². The van der Waals surface area contributed by atoms with Crippen LogP contribution in [0.5, 0.6) is 0 Å². The highest BCUT2D eigenvalue weighted by atomic mass is 35.5. The number of hydrogen-bond donors (Lipinski definition) is 1. The molecule has 2 rings (SSSR count). The van der Waals surface area contributed by atoms with Gasteiger partial charge in [-0.15, -0.1) is 0 Å². The number of benzene rings is 2. The highest BCUT2D eigenvalue weighted by molar-refractivity contribution is 6.42. The molecule has 0 aliphatic rings. The average Bonchev–Trinajstić information content (AvgIpc) is 2.41. The molecule has 0 saturated carbocycles. The monoisotopic (exact) mass is 279 g/mol. The molecule has 0 aliphatic heterocycles. The Hall–Kier alpha value is -1.02. The SMILES string of the molecule is CCc1ccccc1C(N)c1ccc(Cl)c(Cl)c1. The summed E-state index contributed by atoms with van der Waals surface area (Å²) in [5.74, 6) is 0. The molecule has 0 amide bonds. The van der Waals surface area contributed by atoms with Gasteiger partial charge in [0.2, 0.25) is 0 Å². The van der Waals surface area contributed by atoms with Gasteiger partial charge in [0, 0.05) is 0 Å². The maximum atomic E-state index is 6.31. The van der Waals surface area contributed by atoms with Crippen LogP contribution in [0.15, 0.2) is 42.5 Å². The van der Waals surface area contributed by atoms with E-state index in [4.69, 9.17) is 28.9 Å². The van der Waals surface area contributed by atoms with Gasteiger partial charge in [-0.05, 0) is 35.2 Å². The van der Waals surface area contributed by atoms with Crippen molar-refractivity contribution in [3.05, 3.63) is 69.2 Å². The van der Waals surface area contributed by atoms with E-state index in [-0.39, 0.29) is 6.04 Å². The molecule has 0 aliphatic carbocycles. The van der Waals surface area contributed by atoms with Crippen molar-refractivity contribution < 1.29 is 0 Å². The summed E-state index contributed by atoms with van der Waals surface area (Å²) in [6, 6.07) is 13.6. The third-order valence-corrected chi connectivity index (χ3v) is 3.81. The molecule has 0 saturated heterocycles. The van der Waals surface area contributed by atoms with E-state index in [1.54, 1.807) is 6.07 Å². The smallest absolute Gasteiger partial charge is 0.0595 e. The van der Waals surface area contributed by atoms with Crippen molar-refractivity contribution in [3.63, 3.8) is 0 Å². The van der Waals surface area contributed by atoms with E-state index in [1.165, 1.54) is 5.56 Å². The zero-order valence-corrected chi connectivity index (χ0v) is 11.7. The van der Waals surface area contributed by atoms with Crippen LogP contribution in [-0.4, -0.2) is 0 Å². The van der Waals surface area contributed by atoms with Gasteiger partial charge in [0.15, 0.2) is 0 Å². The molecule has 0 bridgehead atoms. The van der Waals surface area contributed by atoms with E-state index in [0.717, 1.165) is 17.5 Å². The van der Waals surface area contributed by atoms with Crippen molar-refractivity contribution in [2.75, 3.05) is 0 Å². The first-order valence-electron chi connectivity index (χ1n) is 5.91. The second-order valence-corrected chi connectivity index (χ2v) is 5.02. The molecule has 0 aromatic heterocycles. The molecule has 18 heavy (non-hydrogen) atoms. The van der Waals surface area contributed by atoms with Gasteiger partial charge in [-0.25, -0.2) is 0 Å². The topological polar surface area (TPSA) is 26.0 Å². The minimum atomic E-state index is -0.170. The van der Waals surface area contributed by atoms with Crippen molar-refractivity contribution in [1.29, 1.82) is 0 Å². The van der Waals surface area contributed by atoms with Crippen molar-refractivity contribution in [1.82, 2.24) is 0 Å². The lowest BCUT2D eigenvalue weighted by molar-refractivity contribution is 0.850. The maximum absolute atomic E-state index is 6.31. The Kier molecular flexibility index (Phi) is 4.28. The second kappa shape index (κ2) is 5.75. The van der Waals surface area contributed by atoms with E-state index in [1.807, 2.05) is 24.3 Å². The molecule has 2 aromatic carbocycles. The van der Waals surface area contributed by atoms with Crippen LogP contribution >= 0.6 is 23.2 Å². The zero-order valence-electron chi connectivity index (χ0n) is 10.2. The first-order valence-corrected chi connectivity index (χ1v) is 6.67. The molecule has 3 heteroatoms. The molecular weight excluding hydrogens is 265 g/mol. The Morgan fingerprint density at radius 3 is 2.44 bits per heavy atom. The molecule has 1 atom stereocenters. The van der Waals surface area contributed by atoms with E-state index in [2.05, 4.69) is 19.1 Å². The molecular formula is C15H15Cl2N. The van der Waals surface area contributed by atoms with Crippen LogP contribution < -0.4 is 5.73 Å². The molecule has 1 nitrogen and oxygen atoms in total. The first kappa shape index (κ1) is 13.4. The summed E-state index contributed by atoms with van der Waals surface area (Å²) in [4.78, 5) is 0. The Labute approximate surface area is 118 Å². The summed E-state index contributed by atoms with van der Waals surface area (Å²) >= 11 is 11.9. The van der Waals surface area contributed by atoms with Gasteiger partial charge >= 0.3 is 0 Å². The van der Waals surface area contributed by atoms with Gasteiger partial charge < -0.3 is 5.73 Å². The second-order valence-electron chi connectivity index (χ2n) is 4.20. The van der Waals surface area contributed by atoms with Crippen LogP contribution in [0.3, 0.4) is 0 Å². The van der Waals surface area contributed by atoms with Gasteiger partial charge in [-0.2, -0.15) is 0 Å². The van der Waals surface area contributed by atoms with Crippen LogP contribution in [0.4, 0.5) is 0 Å². The zero-order chi connectivity index (χ0) is 13.1. The fourth-order valence-corrected chi connectivity index (χ4v) is 2.35. The van der Waals surface area contributed by atoms with Gasteiger partial charge in [0.25, 0.3) is 0 Å². The lowest BCUT2D eigenvalue weighted by Crippen LogP contribution is -2.13.